The molecule has 2 aromatic rings. The number of aliphatic carboxylic acids is 1. The summed E-state index contributed by atoms with van der Waals surface area (Å²) >= 11 is 0. The molecule has 1 saturated carbocycles. The predicted molar refractivity (Wildman–Crippen MR) is 144 cm³/mol. The zero-order valence-electron chi connectivity index (χ0n) is 22.2. The van der Waals surface area contributed by atoms with Crippen LogP contribution in [0.25, 0.3) is 0 Å². The molecule has 2 aliphatic heterocycles. The molecule has 3 aliphatic rings. The summed E-state index contributed by atoms with van der Waals surface area (Å²) in [7, 11) is 1.61. The van der Waals surface area contributed by atoms with E-state index in [-0.39, 0.29) is 36.0 Å². The minimum atomic E-state index is -1.11. The molecule has 2 heterocycles. The standard InChI is InChI=1S/C30H35N3O6/c1-39-22-10-6-20(7-11-22)17-30(13-2-3-14-30)29(38)32-25(28(36)37)16-19-4-8-21(9-5-19)33-26(34)23-12-15-31-18-24(23)27(33)35/h4-11,23-25,31H,2-3,12-18H2,1H3,(H,32,38)(H,36,37)/t23?,24?,25-/m0/s1. The second-order valence-electron chi connectivity index (χ2n) is 11.0. The first-order valence-corrected chi connectivity index (χ1v) is 13.7. The minimum absolute atomic E-state index is 0.0943. The number of piperidine rings is 1. The highest BCUT2D eigenvalue weighted by Crippen LogP contribution is 2.42. The normalized spacial score (nSPS) is 22.8. The number of hydrogen-bond acceptors (Lipinski definition) is 6. The number of nitrogens with zero attached hydrogens (tertiary/aromatic N) is 1. The van der Waals surface area contributed by atoms with Gasteiger partial charge in [-0.2, -0.15) is 0 Å². The summed E-state index contributed by atoms with van der Waals surface area (Å²) in [6.07, 6.45) is 4.55. The fourth-order valence-corrected chi connectivity index (χ4v) is 6.31. The Hall–Kier alpha value is -3.72. The van der Waals surface area contributed by atoms with E-state index in [2.05, 4.69) is 10.6 Å². The molecule has 0 bridgehead atoms. The minimum Gasteiger partial charge on any atom is -0.497 e. The van der Waals surface area contributed by atoms with Crippen LogP contribution in [0.2, 0.25) is 0 Å². The van der Waals surface area contributed by atoms with Crippen molar-refractivity contribution in [1.29, 1.82) is 0 Å². The quantitative estimate of drug-likeness (QED) is 0.423. The molecule has 0 aromatic heterocycles. The van der Waals surface area contributed by atoms with Crippen LogP contribution in [-0.4, -0.2) is 55.0 Å². The number of carbonyl (C=O) groups excluding carboxylic acids is 3. The van der Waals surface area contributed by atoms with Crippen molar-refractivity contribution < 1.29 is 29.0 Å². The highest BCUT2D eigenvalue weighted by molar-refractivity contribution is 6.22. The number of benzene rings is 2. The third-order valence-corrected chi connectivity index (χ3v) is 8.54. The van der Waals surface area contributed by atoms with Crippen molar-refractivity contribution in [2.45, 2.75) is 51.0 Å². The van der Waals surface area contributed by atoms with Crippen molar-refractivity contribution >= 4 is 29.4 Å². The summed E-state index contributed by atoms with van der Waals surface area (Å²) in [4.78, 5) is 52.7. The van der Waals surface area contributed by atoms with Gasteiger partial charge in [-0.05, 0) is 67.6 Å². The summed E-state index contributed by atoms with van der Waals surface area (Å²) in [6.45, 7) is 1.22. The number of ether oxygens (including phenoxy) is 1. The molecule has 2 saturated heterocycles. The van der Waals surface area contributed by atoms with Crippen LogP contribution in [0.4, 0.5) is 5.69 Å². The third-order valence-electron chi connectivity index (χ3n) is 8.54. The lowest BCUT2D eigenvalue weighted by molar-refractivity contribution is -0.143. The number of carboxylic acids is 1. The number of amides is 3. The number of anilines is 1. The van der Waals surface area contributed by atoms with E-state index >= 15 is 0 Å². The Balaban J connectivity index is 1.27. The SMILES string of the molecule is COc1ccc(CC2(C(=O)N[C@@H](Cc3ccc(N4C(=O)C5CCNCC5C4=O)cc3)C(=O)O)CCCC2)cc1. The molecule has 206 valence electrons. The first kappa shape index (κ1) is 26.9. The number of nitrogens with one attached hydrogen (secondary N) is 2. The summed E-state index contributed by atoms with van der Waals surface area (Å²) in [5.74, 6) is -1.58. The van der Waals surface area contributed by atoms with Crippen LogP contribution in [0.1, 0.15) is 43.2 Å². The Bertz CT molecular complexity index is 1210. The van der Waals surface area contributed by atoms with Crippen LogP contribution in [0.15, 0.2) is 48.5 Å². The molecule has 1 aliphatic carbocycles. The number of rotatable bonds is 9. The number of carboxylic acid groups (broad SMARTS) is 1. The first-order valence-electron chi connectivity index (χ1n) is 13.7. The maximum absolute atomic E-state index is 13.5. The van der Waals surface area contributed by atoms with Gasteiger partial charge in [0.2, 0.25) is 17.7 Å². The molecule has 0 spiro atoms. The molecule has 9 nitrogen and oxygen atoms in total. The van der Waals surface area contributed by atoms with Gasteiger partial charge in [0.1, 0.15) is 11.8 Å². The second-order valence-corrected chi connectivity index (χ2v) is 11.0. The van der Waals surface area contributed by atoms with Gasteiger partial charge < -0.3 is 20.5 Å². The van der Waals surface area contributed by atoms with E-state index in [1.54, 1.807) is 31.4 Å². The Morgan fingerprint density at radius 1 is 1.03 bits per heavy atom. The van der Waals surface area contributed by atoms with E-state index in [4.69, 9.17) is 4.74 Å². The Morgan fingerprint density at radius 2 is 1.67 bits per heavy atom. The molecule has 3 N–H and O–H groups in total. The van der Waals surface area contributed by atoms with Crippen molar-refractivity contribution in [3.05, 3.63) is 59.7 Å². The van der Waals surface area contributed by atoms with E-state index in [9.17, 15) is 24.3 Å². The van der Waals surface area contributed by atoms with Crippen LogP contribution < -0.4 is 20.3 Å². The number of imide groups is 1. The van der Waals surface area contributed by atoms with E-state index in [0.717, 1.165) is 30.7 Å². The van der Waals surface area contributed by atoms with Crippen molar-refractivity contribution in [3.63, 3.8) is 0 Å². The molecule has 2 aromatic carbocycles. The van der Waals surface area contributed by atoms with Crippen LogP contribution in [0.5, 0.6) is 5.75 Å². The molecule has 9 heteroatoms. The fraction of sp³-hybridized carbons (Fsp3) is 0.467. The predicted octanol–water partition coefficient (Wildman–Crippen LogP) is 2.71. The van der Waals surface area contributed by atoms with Crippen LogP contribution in [0, 0.1) is 17.3 Å². The number of carbonyl (C=O) groups is 4. The number of hydrogen-bond donors (Lipinski definition) is 3. The maximum Gasteiger partial charge on any atom is 0.326 e. The smallest absolute Gasteiger partial charge is 0.326 e. The van der Waals surface area contributed by atoms with Crippen LogP contribution in [-0.2, 0) is 32.0 Å². The fourth-order valence-electron chi connectivity index (χ4n) is 6.31. The maximum atomic E-state index is 13.5. The van der Waals surface area contributed by atoms with Gasteiger partial charge in [0.25, 0.3) is 0 Å². The lowest BCUT2D eigenvalue weighted by Gasteiger charge is -2.30. The van der Waals surface area contributed by atoms with E-state index in [1.165, 1.54) is 4.90 Å². The molecular weight excluding hydrogens is 498 g/mol. The molecule has 3 fully saturated rings. The molecule has 39 heavy (non-hydrogen) atoms. The molecule has 5 rings (SSSR count). The summed E-state index contributed by atoms with van der Waals surface area (Å²) in [6, 6.07) is 13.3. The van der Waals surface area contributed by atoms with Gasteiger partial charge in [0, 0.05) is 13.0 Å². The van der Waals surface area contributed by atoms with Crippen LogP contribution in [0.3, 0.4) is 0 Å². The zero-order chi connectivity index (χ0) is 27.6. The van der Waals surface area contributed by atoms with Crippen molar-refractivity contribution in [3.8, 4) is 5.75 Å². The highest BCUT2D eigenvalue weighted by Gasteiger charge is 2.49. The average molecular weight is 534 g/mol. The molecule has 2 unspecified atom stereocenters. The molecule has 3 atom stereocenters. The monoisotopic (exact) mass is 533 g/mol. The lowest BCUT2D eigenvalue weighted by atomic mass is 9.78. The summed E-state index contributed by atoms with van der Waals surface area (Å²) in [5.41, 5.74) is 1.55. The summed E-state index contributed by atoms with van der Waals surface area (Å²) in [5, 5.41) is 15.9. The van der Waals surface area contributed by atoms with E-state index < -0.39 is 17.4 Å². The zero-order valence-corrected chi connectivity index (χ0v) is 22.2. The van der Waals surface area contributed by atoms with Gasteiger partial charge in [0.05, 0.1) is 30.0 Å². The Labute approximate surface area is 227 Å². The molecule has 3 amide bonds. The van der Waals surface area contributed by atoms with Gasteiger partial charge in [-0.3, -0.25) is 19.3 Å². The number of methoxy groups -OCH3 is 1. The second kappa shape index (κ2) is 11.2. The average Bonchev–Trinajstić information content (AvgIpc) is 3.52. The van der Waals surface area contributed by atoms with E-state index in [1.807, 2.05) is 24.3 Å². The topological polar surface area (TPSA) is 125 Å². The van der Waals surface area contributed by atoms with E-state index in [0.29, 0.717) is 43.5 Å². The van der Waals surface area contributed by atoms with Gasteiger partial charge in [-0.1, -0.05) is 37.1 Å². The van der Waals surface area contributed by atoms with Gasteiger partial charge in [-0.15, -0.1) is 0 Å². The Kier molecular flexibility index (Phi) is 7.70. The van der Waals surface area contributed by atoms with Gasteiger partial charge >= 0.3 is 5.97 Å². The van der Waals surface area contributed by atoms with Crippen molar-refractivity contribution in [2.75, 3.05) is 25.1 Å². The molecular formula is C30H35N3O6. The highest BCUT2D eigenvalue weighted by atomic mass is 16.5. The van der Waals surface area contributed by atoms with Crippen LogP contribution >= 0.6 is 0 Å². The third kappa shape index (κ3) is 5.41. The van der Waals surface area contributed by atoms with Gasteiger partial charge in [-0.25, -0.2) is 4.79 Å². The van der Waals surface area contributed by atoms with Crippen molar-refractivity contribution in [1.82, 2.24) is 10.6 Å². The lowest BCUT2D eigenvalue weighted by Crippen LogP contribution is -2.49. The first-order chi connectivity index (χ1) is 18.8. The molecule has 0 radical (unpaired) electrons. The summed E-state index contributed by atoms with van der Waals surface area (Å²) < 4.78 is 5.23. The Morgan fingerprint density at radius 3 is 2.28 bits per heavy atom. The number of fused-ring (bicyclic) bond motifs is 1. The largest absolute Gasteiger partial charge is 0.497 e. The van der Waals surface area contributed by atoms with Crippen molar-refractivity contribution in [2.24, 2.45) is 17.3 Å². The van der Waals surface area contributed by atoms with Gasteiger partial charge in [0.15, 0.2) is 0 Å².